The molecule has 164 valence electrons. The minimum Gasteiger partial charge on any atom is -0.400 e. The number of hydrogen-bond donors (Lipinski definition) is 2. The van der Waals surface area contributed by atoms with Crippen molar-refractivity contribution in [2.45, 2.75) is 55.6 Å². The maximum absolute atomic E-state index is 7.24. The van der Waals surface area contributed by atoms with Crippen molar-refractivity contribution in [1.29, 1.82) is 0 Å². The Labute approximate surface area is 182 Å². The molecule has 5 unspecified atom stereocenters. The lowest BCUT2D eigenvalue weighted by Gasteiger charge is -2.41. The van der Waals surface area contributed by atoms with Crippen molar-refractivity contribution in [2.75, 3.05) is 26.4 Å². The standard InChI is InChI=1S/C25H30N2O4/c26-24-22(9-18-13-30-18)20(7-16-11-28-16)21(8-17-12-29-17)23(6-15-4-2-1-3-5-15)25(24,27)10-19-14-31-19/h1-6,16-19H,7-14,26-27H2. The number of rotatable bonds is 9. The molecular formula is C25H30N2O4. The molecule has 4 saturated heterocycles. The molecule has 6 rings (SSSR count). The lowest BCUT2D eigenvalue weighted by atomic mass is 9.68. The molecule has 4 fully saturated rings. The Hall–Kier alpha value is -1.96. The molecule has 1 aromatic rings. The number of nitrogens with two attached hydrogens (primary N) is 2. The summed E-state index contributed by atoms with van der Waals surface area (Å²) in [4.78, 5) is 0. The predicted octanol–water partition coefficient (Wildman–Crippen LogP) is 2.45. The normalized spacial score (nSPS) is 37.4. The molecule has 4 aliphatic heterocycles. The highest BCUT2D eigenvalue weighted by molar-refractivity contribution is 5.70. The maximum Gasteiger partial charge on any atom is 0.0850 e. The topological polar surface area (TPSA) is 102 Å². The van der Waals surface area contributed by atoms with Crippen LogP contribution in [0, 0.1) is 0 Å². The van der Waals surface area contributed by atoms with Gasteiger partial charge in [0.1, 0.15) is 0 Å². The van der Waals surface area contributed by atoms with Gasteiger partial charge in [0.2, 0.25) is 0 Å². The van der Waals surface area contributed by atoms with Gasteiger partial charge in [0.25, 0.3) is 0 Å². The second-order valence-electron chi connectivity index (χ2n) is 9.43. The van der Waals surface area contributed by atoms with Crippen molar-refractivity contribution in [1.82, 2.24) is 0 Å². The number of hydrogen-bond acceptors (Lipinski definition) is 6. The van der Waals surface area contributed by atoms with Crippen LogP contribution in [0.5, 0.6) is 0 Å². The van der Waals surface area contributed by atoms with Crippen molar-refractivity contribution >= 4 is 6.08 Å². The van der Waals surface area contributed by atoms with Crippen LogP contribution >= 0.6 is 0 Å². The fourth-order valence-corrected chi connectivity index (χ4v) is 4.84. The Balaban J connectivity index is 1.51. The van der Waals surface area contributed by atoms with E-state index in [2.05, 4.69) is 30.3 Å². The molecule has 0 aromatic heterocycles. The van der Waals surface area contributed by atoms with E-state index in [1.807, 2.05) is 6.07 Å². The summed E-state index contributed by atoms with van der Waals surface area (Å²) in [5.74, 6) is 0. The quantitative estimate of drug-likeness (QED) is 0.593. The molecule has 5 aliphatic rings. The van der Waals surface area contributed by atoms with Gasteiger partial charge in [0.05, 0.1) is 56.4 Å². The minimum atomic E-state index is -0.765. The second kappa shape index (κ2) is 7.57. The maximum atomic E-state index is 7.24. The highest BCUT2D eigenvalue weighted by atomic mass is 16.6. The van der Waals surface area contributed by atoms with E-state index in [0.29, 0.717) is 6.42 Å². The van der Waals surface area contributed by atoms with Gasteiger partial charge in [-0.2, -0.15) is 0 Å². The molecule has 4 N–H and O–H groups in total. The van der Waals surface area contributed by atoms with E-state index in [4.69, 9.17) is 30.4 Å². The summed E-state index contributed by atoms with van der Waals surface area (Å²) in [5.41, 5.74) is 20.2. The van der Waals surface area contributed by atoms with E-state index in [1.54, 1.807) is 0 Å². The lowest BCUT2D eigenvalue weighted by Crippen LogP contribution is -2.51. The number of benzene rings is 1. The summed E-state index contributed by atoms with van der Waals surface area (Å²) >= 11 is 0. The summed E-state index contributed by atoms with van der Waals surface area (Å²) in [7, 11) is 0. The third kappa shape index (κ3) is 4.23. The van der Waals surface area contributed by atoms with Crippen molar-refractivity contribution in [2.24, 2.45) is 11.5 Å². The van der Waals surface area contributed by atoms with Crippen LogP contribution in [0.2, 0.25) is 0 Å². The lowest BCUT2D eigenvalue weighted by molar-refractivity contribution is 0.355. The van der Waals surface area contributed by atoms with Crippen molar-refractivity contribution < 1.29 is 18.9 Å². The van der Waals surface area contributed by atoms with Gasteiger partial charge in [0, 0.05) is 31.4 Å². The zero-order chi connectivity index (χ0) is 21.0. The van der Waals surface area contributed by atoms with E-state index in [0.717, 1.165) is 62.5 Å². The molecule has 1 aromatic carbocycles. The Kier molecular flexibility index (Phi) is 4.81. The van der Waals surface area contributed by atoms with E-state index in [-0.39, 0.29) is 24.4 Å². The third-order valence-corrected chi connectivity index (χ3v) is 6.91. The van der Waals surface area contributed by atoms with Gasteiger partial charge >= 0.3 is 0 Å². The van der Waals surface area contributed by atoms with Gasteiger partial charge in [-0.15, -0.1) is 0 Å². The Morgan fingerprint density at radius 2 is 1.29 bits per heavy atom. The molecular weight excluding hydrogens is 392 g/mol. The summed E-state index contributed by atoms with van der Waals surface area (Å²) < 4.78 is 22.5. The fraction of sp³-hybridized carbons (Fsp3) is 0.520. The van der Waals surface area contributed by atoms with Gasteiger partial charge in [0.15, 0.2) is 0 Å². The first-order chi connectivity index (χ1) is 15.1. The second-order valence-corrected chi connectivity index (χ2v) is 9.43. The molecule has 0 spiro atoms. The number of epoxide rings is 4. The first kappa shape index (κ1) is 19.7. The SMILES string of the molecule is NC1=C(CC2CO2)C(CC2CO2)=C(CC2CO2)C(=Cc2ccccc2)C1(N)CC1CO1. The van der Waals surface area contributed by atoms with Crippen LogP contribution in [0.3, 0.4) is 0 Å². The van der Waals surface area contributed by atoms with Crippen LogP contribution in [-0.2, 0) is 18.9 Å². The Morgan fingerprint density at radius 3 is 1.84 bits per heavy atom. The largest absolute Gasteiger partial charge is 0.400 e. The van der Waals surface area contributed by atoms with Gasteiger partial charge in [-0.1, -0.05) is 30.3 Å². The van der Waals surface area contributed by atoms with Gasteiger partial charge in [-0.25, -0.2) is 0 Å². The van der Waals surface area contributed by atoms with Gasteiger partial charge in [-0.3, -0.25) is 0 Å². The molecule has 0 saturated carbocycles. The molecule has 31 heavy (non-hydrogen) atoms. The molecule has 6 heteroatoms. The molecule has 6 nitrogen and oxygen atoms in total. The summed E-state index contributed by atoms with van der Waals surface area (Å²) in [6, 6.07) is 10.4. The van der Waals surface area contributed by atoms with Gasteiger partial charge < -0.3 is 30.4 Å². The highest BCUT2D eigenvalue weighted by Crippen LogP contribution is 2.49. The number of ether oxygens (including phenoxy) is 4. The monoisotopic (exact) mass is 422 g/mol. The summed E-state index contributed by atoms with van der Waals surface area (Å²) in [6.45, 7) is 3.16. The molecule has 0 amide bonds. The van der Waals surface area contributed by atoms with E-state index in [1.165, 1.54) is 16.7 Å². The van der Waals surface area contributed by atoms with Crippen LogP contribution in [-0.4, -0.2) is 56.4 Å². The Bertz CT molecular complexity index is 953. The first-order valence-corrected chi connectivity index (χ1v) is 11.3. The zero-order valence-corrected chi connectivity index (χ0v) is 17.7. The summed E-state index contributed by atoms with van der Waals surface area (Å²) in [6.07, 6.45) is 6.37. The average molecular weight is 423 g/mol. The molecule has 0 bridgehead atoms. The molecule has 4 heterocycles. The fourth-order valence-electron chi connectivity index (χ4n) is 4.84. The van der Waals surface area contributed by atoms with Crippen LogP contribution in [0.25, 0.3) is 6.08 Å². The average Bonchev–Trinajstić information content (AvgIpc) is 3.61. The van der Waals surface area contributed by atoms with Crippen LogP contribution < -0.4 is 11.5 Å². The van der Waals surface area contributed by atoms with Crippen LogP contribution in [0.1, 0.15) is 31.2 Å². The third-order valence-electron chi connectivity index (χ3n) is 6.91. The first-order valence-electron chi connectivity index (χ1n) is 11.3. The van der Waals surface area contributed by atoms with Crippen LogP contribution in [0.15, 0.2) is 58.3 Å². The van der Waals surface area contributed by atoms with Crippen molar-refractivity contribution in [3.63, 3.8) is 0 Å². The minimum absolute atomic E-state index is 0.160. The molecule has 5 atom stereocenters. The molecule has 1 aliphatic carbocycles. The Morgan fingerprint density at radius 1 is 0.774 bits per heavy atom. The van der Waals surface area contributed by atoms with E-state index >= 15 is 0 Å². The van der Waals surface area contributed by atoms with Crippen molar-refractivity contribution in [3.05, 3.63) is 63.9 Å². The smallest absolute Gasteiger partial charge is 0.0850 e. The summed E-state index contributed by atoms with van der Waals surface area (Å²) in [5, 5.41) is 0. The highest BCUT2D eigenvalue weighted by Gasteiger charge is 2.48. The molecule has 0 radical (unpaired) electrons. The van der Waals surface area contributed by atoms with Crippen molar-refractivity contribution in [3.8, 4) is 0 Å². The van der Waals surface area contributed by atoms with Gasteiger partial charge in [-0.05, 0) is 33.9 Å². The predicted molar refractivity (Wildman–Crippen MR) is 117 cm³/mol. The van der Waals surface area contributed by atoms with E-state index < -0.39 is 5.54 Å². The van der Waals surface area contributed by atoms with E-state index in [9.17, 15) is 0 Å². The van der Waals surface area contributed by atoms with Crippen LogP contribution in [0.4, 0.5) is 0 Å². The zero-order valence-electron chi connectivity index (χ0n) is 17.7.